The van der Waals surface area contributed by atoms with Gasteiger partial charge in [-0.25, -0.2) is 0 Å². The van der Waals surface area contributed by atoms with Crippen LogP contribution in [0.5, 0.6) is 0 Å². The first-order chi connectivity index (χ1) is 7.07. The van der Waals surface area contributed by atoms with E-state index in [1.54, 1.807) is 0 Å². The van der Waals surface area contributed by atoms with Gasteiger partial charge in [-0.3, -0.25) is 4.90 Å². The van der Waals surface area contributed by atoms with Crippen LogP contribution < -0.4 is 0 Å². The number of nitrogens with zero attached hydrogens (tertiary/aromatic N) is 2. The van der Waals surface area contributed by atoms with E-state index in [0.29, 0.717) is 11.8 Å². The fraction of sp³-hybridized carbons (Fsp3) is 0.923. The summed E-state index contributed by atoms with van der Waals surface area (Å²) in [5.74, 6) is 1.38. The Morgan fingerprint density at radius 1 is 1.20 bits per heavy atom. The van der Waals surface area contributed by atoms with Crippen molar-refractivity contribution < 1.29 is 0 Å². The summed E-state index contributed by atoms with van der Waals surface area (Å²) in [7, 11) is 0. The van der Waals surface area contributed by atoms with Crippen molar-refractivity contribution in [2.75, 3.05) is 13.1 Å². The van der Waals surface area contributed by atoms with E-state index in [1.807, 2.05) is 0 Å². The first-order valence-electron chi connectivity index (χ1n) is 6.24. The van der Waals surface area contributed by atoms with Gasteiger partial charge in [0.05, 0.1) is 6.07 Å². The molecule has 1 fully saturated rings. The Balaban J connectivity index is 2.88. The van der Waals surface area contributed by atoms with Crippen molar-refractivity contribution in [2.24, 2.45) is 11.8 Å². The van der Waals surface area contributed by atoms with Crippen molar-refractivity contribution in [3.05, 3.63) is 0 Å². The van der Waals surface area contributed by atoms with E-state index < -0.39 is 0 Å². The van der Waals surface area contributed by atoms with E-state index in [1.165, 1.54) is 6.42 Å². The fourth-order valence-corrected chi connectivity index (χ4v) is 3.34. The van der Waals surface area contributed by atoms with Gasteiger partial charge in [0.1, 0.15) is 5.54 Å². The monoisotopic (exact) mass is 208 g/mol. The Labute approximate surface area is 94.3 Å². The van der Waals surface area contributed by atoms with Crippen LogP contribution >= 0.6 is 0 Å². The molecule has 0 aromatic carbocycles. The van der Waals surface area contributed by atoms with Gasteiger partial charge in [-0.05, 0) is 44.2 Å². The van der Waals surface area contributed by atoms with Gasteiger partial charge in [-0.15, -0.1) is 0 Å². The molecule has 0 aromatic rings. The minimum Gasteiger partial charge on any atom is -0.286 e. The summed E-state index contributed by atoms with van der Waals surface area (Å²) in [6.07, 6.45) is 3.38. The lowest BCUT2D eigenvalue weighted by Gasteiger charge is -2.44. The van der Waals surface area contributed by atoms with Gasteiger partial charge in [0, 0.05) is 0 Å². The van der Waals surface area contributed by atoms with Gasteiger partial charge < -0.3 is 0 Å². The summed E-state index contributed by atoms with van der Waals surface area (Å²) in [5, 5.41) is 9.52. The zero-order valence-corrected chi connectivity index (χ0v) is 10.6. The zero-order chi connectivity index (χ0) is 11.5. The molecule has 0 amide bonds. The molecule has 0 aliphatic heterocycles. The summed E-state index contributed by atoms with van der Waals surface area (Å²) in [6.45, 7) is 10.9. The highest BCUT2D eigenvalue weighted by Crippen LogP contribution is 2.39. The number of rotatable bonds is 3. The Hall–Kier alpha value is -0.550. The van der Waals surface area contributed by atoms with Gasteiger partial charge in [0.25, 0.3) is 0 Å². The van der Waals surface area contributed by atoms with Crippen molar-refractivity contribution in [1.29, 1.82) is 5.26 Å². The molecule has 86 valence electrons. The first kappa shape index (κ1) is 12.5. The third kappa shape index (κ3) is 2.52. The number of hydrogen-bond acceptors (Lipinski definition) is 2. The molecule has 0 aromatic heterocycles. The van der Waals surface area contributed by atoms with Crippen LogP contribution in [0.25, 0.3) is 0 Å². The summed E-state index contributed by atoms with van der Waals surface area (Å²) < 4.78 is 0. The number of hydrogen-bond donors (Lipinski definition) is 0. The summed E-state index contributed by atoms with van der Waals surface area (Å²) >= 11 is 0. The lowest BCUT2D eigenvalue weighted by molar-refractivity contribution is 0.0645. The maximum Gasteiger partial charge on any atom is 0.109 e. The molecule has 15 heavy (non-hydrogen) atoms. The molecule has 1 aliphatic rings. The fourth-order valence-electron chi connectivity index (χ4n) is 3.34. The van der Waals surface area contributed by atoms with Crippen molar-refractivity contribution >= 4 is 0 Å². The highest BCUT2D eigenvalue weighted by atomic mass is 15.2. The molecule has 0 spiro atoms. The molecule has 0 heterocycles. The molecule has 2 heteroatoms. The third-order valence-electron chi connectivity index (χ3n) is 3.75. The molecule has 1 aliphatic carbocycles. The van der Waals surface area contributed by atoms with Crippen LogP contribution in [0, 0.1) is 23.2 Å². The molecule has 2 unspecified atom stereocenters. The Kier molecular flexibility index (Phi) is 4.16. The van der Waals surface area contributed by atoms with E-state index in [2.05, 4.69) is 38.7 Å². The van der Waals surface area contributed by atoms with E-state index in [4.69, 9.17) is 0 Å². The smallest absolute Gasteiger partial charge is 0.109 e. The highest BCUT2D eigenvalue weighted by molar-refractivity contribution is 5.11. The lowest BCUT2D eigenvalue weighted by Crippen LogP contribution is -2.51. The molecular formula is C13H24N2. The number of nitriles is 1. The average Bonchev–Trinajstić information content (AvgIpc) is 2.18. The Morgan fingerprint density at radius 2 is 1.67 bits per heavy atom. The van der Waals surface area contributed by atoms with Crippen LogP contribution in [0.4, 0.5) is 0 Å². The molecule has 1 rings (SSSR count). The molecular weight excluding hydrogens is 184 g/mol. The maximum atomic E-state index is 9.52. The maximum absolute atomic E-state index is 9.52. The molecule has 0 radical (unpaired) electrons. The normalized spacial score (nSPS) is 36.5. The van der Waals surface area contributed by atoms with Crippen LogP contribution in [-0.2, 0) is 0 Å². The lowest BCUT2D eigenvalue weighted by atomic mass is 9.71. The SMILES string of the molecule is CCN(CC)C1(C#N)CC(C)CC(C)C1. The van der Waals surface area contributed by atoms with Crippen LogP contribution in [0.3, 0.4) is 0 Å². The highest BCUT2D eigenvalue weighted by Gasteiger charge is 2.41. The largest absolute Gasteiger partial charge is 0.286 e. The molecule has 0 bridgehead atoms. The van der Waals surface area contributed by atoms with E-state index in [9.17, 15) is 5.26 Å². The second kappa shape index (κ2) is 4.99. The van der Waals surface area contributed by atoms with E-state index in [0.717, 1.165) is 25.9 Å². The Bertz CT molecular complexity index is 227. The van der Waals surface area contributed by atoms with E-state index in [-0.39, 0.29) is 5.54 Å². The van der Waals surface area contributed by atoms with Crippen molar-refractivity contribution in [3.8, 4) is 6.07 Å². The topological polar surface area (TPSA) is 27.0 Å². The second-order valence-corrected chi connectivity index (χ2v) is 5.17. The molecule has 0 N–H and O–H groups in total. The summed E-state index contributed by atoms with van der Waals surface area (Å²) in [5.41, 5.74) is -0.180. The van der Waals surface area contributed by atoms with Crippen LogP contribution in [0.1, 0.15) is 47.0 Å². The van der Waals surface area contributed by atoms with Gasteiger partial charge in [-0.1, -0.05) is 27.7 Å². The molecule has 0 saturated heterocycles. The van der Waals surface area contributed by atoms with Crippen molar-refractivity contribution in [1.82, 2.24) is 4.90 Å². The quantitative estimate of drug-likeness (QED) is 0.713. The predicted molar refractivity (Wildman–Crippen MR) is 63.4 cm³/mol. The minimum absolute atomic E-state index is 0.180. The van der Waals surface area contributed by atoms with Gasteiger partial charge in [0.15, 0.2) is 0 Å². The molecule has 1 saturated carbocycles. The average molecular weight is 208 g/mol. The molecule has 2 nitrogen and oxygen atoms in total. The van der Waals surface area contributed by atoms with Crippen LogP contribution in [-0.4, -0.2) is 23.5 Å². The minimum atomic E-state index is -0.180. The van der Waals surface area contributed by atoms with Gasteiger partial charge in [-0.2, -0.15) is 5.26 Å². The first-order valence-corrected chi connectivity index (χ1v) is 6.24. The second-order valence-electron chi connectivity index (χ2n) is 5.17. The summed E-state index contributed by atoms with van der Waals surface area (Å²) in [6, 6.07) is 2.61. The predicted octanol–water partition coefficient (Wildman–Crippen LogP) is 3.05. The zero-order valence-electron chi connectivity index (χ0n) is 10.6. The summed E-state index contributed by atoms with van der Waals surface area (Å²) in [4.78, 5) is 2.35. The third-order valence-corrected chi connectivity index (χ3v) is 3.75. The van der Waals surface area contributed by atoms with Crippen molar-refractivity contribution in [2.45, 2.75) is 52.5 Å². The van der Waals surface area contributed by atoms with Gasteiger partial charge in [0.2, 0.25) is 0 Å². The Morgan fingerprint density at radius 3 is 2.00 bits per heavy atom. The van der Waals surface area contributed by atoms with Crippen molar-refractivity contribution in [3.63, 3.8) is 0 Å². The van der Waals surface area contributed by atoms with E-state index >= 15 is 0 Å². The van der Waals surface area contributed by atoms with Crippen LogP contribution in [0.15, 0.2) is 0 Å². The standard InChI is InChI=1S/C13H24N2/c1-5-15(6-2)13(10-14)8-11(3)7-12(4)9-13/h11-12H,5-9H2,1-4H3. The van der Waals surface area contributed by atoms with Gasteiger partial charge >= 0.3 is 0 Å². The van der Waals surface area contributed by atoms with Crippen LogP contribution in [0.2, 0.25) is 0 Å². The molecule has 2 atom stereocenters.